The summed E-state index contributed by atoms with van der Waals surface area (Å²) in [6.07, 6.45) is -5.43. The largest absolute Gasteiger partial charge is 0.559 e. The van der Waals surface area contributed by atoms with Crippen molar-refractivity contribution in [1.29, 1.82) is 0 Å². The van der Waals surface area contributed by atoms with E-state index in [1.54, 1.807) is 0 Å². The van der Waals surface area contributed by atoms with E-state index in [0.29, 0.717) is 0 Å². The van der Waals surface area contributed by atoms with Gasteiger partial charge in [-0.15, -0.1) is 17.6 Å². The van der Waals surface area contributed by atoms with Gasteiger partial charge in [0.05, 0.1) is 6.67 Å². The molecule has 0 spiro atoms. The molecular formula is C5H7F5O. The molecular weight excluding hydrogens is 171 g/mol. The monoisotopic (exact) mass is 178 g/mol. The van der Waals surface area contributed by atoms with Gasteiger partial charge in [0.1, 0.15) is 5.78 Å². The Kier molecular flexibility index (Phi) is 7.13. The van der Waals surface area contributed by atoms with Gasteiger partial charge in [-0.05, 0) is 6.92 Å². The summed E-state index contributed by atoms with van der Waals surface area (Å²) < 4.78 is 49.8. The molecule has 1 nitrogen and oxygen atoms in total. The van der Waals surface area contributed by atoms with E-state index in [1.165, 1.54) is 6.92 Å². The summed E-state index contributed by atoms with van der Waals surface area (Å²) in [6.45, 7) is 0.856. The van der Waals surface area contributed by atoms with Crippen LogP contribution in [0.25, 0.3) is 0 Å². The van der Waals surface area contributed by atoms with Crippen molar-refractivity contribution < 1.29 is 26.7 Å². The second-order valence-corrected chi connectivity index (χ2v) is 1.57. The smallest absolute Gasteiger partial charge is 0.300 e. The zero-order valence-electron chi connectivity index (χ0n) is 5.71. The van der Waals surface area contributed by atoms with E-state index >= 15 is 0 Å². The van der Waals surface area contributed by atoms with Gasteiger partial charge in [-0.1, -0.05) is 0 Å². The van der Waals surface area contributed by atoms with Gasteiger partial charge in [-0.2, -0.15) is 0 Å². The zero-order valence-corrected chi connectivity index (χ0v) is 5.71. The fourth-order valence-corrected chi connectivity index (χ4v) is 0.133. The van der Waals surface area contributed by atoms with Crippen molar-refractivity contribution >= 4 is 5.78 Å². The molecule has 0 aromatic heterocycles. The topological polar surface area (TPSA) is 17.1 Å². The molecule has 0 aliphatic rings. The van der Waals surface area contributed by atoms with E-state index in [-0.39, 0.29) is 12.2 Å². The highest BCUT2D eigenvalue weighted by Gasteiger charge is 2.24. The van der Waals surface area contributed by atoms with E-state index in [4.69, 9.17) is 0 Å². The van der Waals surface area contributed by atoms with Crippen molar-refractivity contribution in [3.63, 3.8) is 0 Å². The van der Waals surface area contributed by atoms with Crippen LogP contribution in [-0.4, -0.2) is 18.9 Å². The van der Waals surface area contributed by atoms with Crippen LogP contribution in [0, 0.1) is 0 Å². The number of hydrogen-bond donors (Lipinski definition) is 0. The number of hydrogen-bond acceptors (Lipinski definition) is 1. The van der Waals surface area contributed by atoms with Crippen LogP contribution in [0.1, 0.15) is 13.3 Å². The molecule has 68 valence electrons. The molecule has 0 rings (SSSR count). The lowest BCUT2D eigenvalue weighted by Crippen LogP contribution is -1.92. The Hall–Kier alpha value is -0.680. The number of carbonyl (C=O) groups excluding carboxylic acids is 1. The first kappa shape index (κ1) is 12.9. The summed E-state index contributed by atoms with van der Waals surface area (Å²) in [5.41, 5.74) is 0. The van der Waals surface area contributed by atoms with Gasteiger partial charge < -0.3 is 0 Å². The molecule has 0 N–H and O–H groups in total. The van der Waals surface area contributed by atoms with Gasteiger partial charge in [-0.25, -0.2) is 0 Å². The van der Waals surface area contributed by atoms with Crippen molar-refractivity contribution in [2.24, 2.45) is 0 Å². The number of Topliss-reactive ketones (excluding diaryl/α,β-unsaturated/α-hetero) is 1. The summed E-state index contributed by atoms with van der Waals surface area (Å²) in [7, 11) is 0. The number of ketones is 1. The van der Waals surface area contributed by atoms with Gasteiger partial charge >= 0.3 is 6.43 Å². The third-order valence-corrected chi connectivity index (χ3v) is 0.447. The Labute approximate surface area is 60.2 Å². The summed E-state index contributed by atoms with van der Waals surface area (Å²) in [5.74, 6) is -0.0856. The molecule has 0 aromatic carbocycles. The summed E-state index contributed by atoms with van der Waals surface area (Å²) in [6, 6.07) is 0. The molecule has 0 radical (unpaired) electrons. The lowest BCUT2D eigenvalue weighted by atomic mass is 10.3. The lowest BCUT2D eigenvalue weighted by Gasteiger charge is -1.82. The minimum atomic E-state index is -5.50. The Morgan fingerprint density at radius 1 is 1.27 bits per heavy atom. The molecule has 0 aliphatic carbocycles. The van der Waals surface area contributed by atoms with Crippen LogP contribution in [0.5, 0.6) is 0 Å². The first-order chi connectivity index (χ1) is 4.77. The molecule has 0 saturated carbocycles. The standard InChI is InChI=1S/C4H7FO.CF4/c1-4(6)2-3-5;2-1(3,4)5/h2-3H2,1H3;. The van der Waals surface area contributed by atoms with Crippen LogP contribution >= 0.6 is 0 Å². The van der Waals surface area contributed by atoms with Crippen molar-refractivity contribution in [2.75, 3.05) is 6.67 Å². The number of rotatable bonds is 2. The van der Waals surface area contributed by atoms with E-state index in [2.05, 4.69) is 0 Å². The van der Waals surface area contributed by atoms with Crippen LogP contribution in [-0.2, 0) is 4.79 Å². The average Bonchev–Trinajstić information content (AvgIpc) is 1.58. The van der Waals surface area contributed by atoms with Gasteiger partial charge in [0.2, 0.25) is 0 Å². The maximum atomic E-state index is 11.0. The second-order valence-electron chi connectivity index (χ2n) is 1.57. The van der Waals surface area contributed by atoms with Gasteiger partial charge in [0, 0.05) is 6.42 Å². The van der Waals surface area contributed by atoms with Gasteiger partial charge in [-0.3, -0.25) is 9.18 Å². The zero-order chi connectivity index (χ0) is 9.49. The maximum absolute atomic E-state index is 11.0. The predicted molar refractivity (Wildman–Crippen MR) is 28.4 cm³/mol. The van der Waals surface area contributed by atoms with Crippen molar-refractivity contribution in [3.8, 4) is 0 Å². The summed E-state index contributed by atoms with van der Waals surface area (Å²) in [5, 5.41) is 0. The minimum absolute atomic E-state index is 0.0694. The van der Waals surface area contributed by atoms with E-state index in [1.807, 2.05) is 0 Å². The number of carbonyl (C=O) groups is 1. The molecule has 0 aliphatic heterocycles. The summed E-state index contributed by atoms with van der Waals surface area (Å²) >= 11 is 0. The molecule has 0 unspecified atom stereocenters. The molecule has 0 heterocycles. The fourth-order valence-electron chi connectivity index (χ4n) is 0.133. The highest BCUT2D eigenvalue weighted by molar-refractivity contribution is 5.75. The van der Waals surface area contributed by atoms with Crippen molar-refractivity contribution in [1.82, 2.24) is 0 Å². The van der Waals surface area contributed by atoms with Gasteiger partial charge in [0.25, 0.3) is 0 Å². The molecule has 6 heteroatoms. The normalized spacial score (nSPS) is 10.0. The van der Waals surface area contributed by atoms with Gasteiger partial charge in [0.15, 0.2) is 0 Å². The fraction of sp³-hybridized carbons (Fsp3) is 0.800. The first-order valence-corrected chi connectivity index (χ1v) is 2.58. The molecule has 0 fully saturated rings. The Morgan fingerprint density at radius 2 is 1.55 bits per heavy atom. The highest BCUT2D eigenvalue weighted by atomic mass is 19.5. The van der Waals surface area contributed by atoms with Crippen LogP contribution in [0.15, 0.2) is 0 Å². The molecule has 0 saturated heterocycles. The maximum Gasteiger partial charge on any atom is 0.559 e. The minimum Gasteiger partial charge on any atom is -0.300 e. The van der Waals surface area contributed by atoms with Crippen LogP contribution in [0.3, 0.4) is 0 Å². The molecule has 0 atom stereocenters. The third-order valence-electron chi connectivity index (χ3n) is 0.447. The Morgan fingerprint density at radius 3 is 1.55 bits per heavy atom. The third kappa shape index (κ3) is 92.8. The quantitative estimate of drug-likeness (QED) is 0.593. The van der Waals surface area contributed by atoms with E-state index in [9.17, 15) is 26.7 Å². The SMILES string of the molecule is CC(=O)CCF.FC(F)(F)F. The van der Waals surface area contributed by atoms with Crippen LogP contribution in [0.2, 0.25) is 0 Å². The predicted octanol–water partition coefficient (Wildman–Crippen LogP) is 2.41. The lowest BCUT2D eigenvalue weighted by molar-refractivity contribution is -0.237. The van der Waals surface area contributed by atoms with Crippen LogP contribution in [0.4, 0.5) is 22.0 Å². The average molecular weight is 178 g/mol. The molecule has 11 heavy (non-hydrogen) atoms. The number of halogens is 5. The van der Waals surface area contributed by atoms with E-state index < -0.39 is 13.1 Å². The van der Waals surface area contributed by atoms with Crippen molar-refractivity contribution in [3.05, 3.63) is 0 Å². The number of alkyl halides is 5. The Bertz CT molecular complexity index is 102. The first-order valence-electron chi connectivity index (χ1n) is 2.58. The second kappa shape index (κ2) is 6.06. The van der Waals surface area contributed by atoms with E-state index in [0.717, 1.165) is 0 Å². The molecule has 0 bridgehead atoms. The molecule has 0 amide bonds. The van der Waals surface area contributed by atoms with Crippen molar-refractivity contribution in [2.45, 2.75) is 19.8 Å². The highest BCUT2D eigenvalue weighted by Crippen LogP contribution is 2.13. The Balaban J connectivity index is 0. The van der Waals surface area contributed by atoms with Crippen LogP contribution < -0.4 is 0 Å². The molecule has 0 aromatic rings. The summed E-state index contributed by atoms with van der Waals surface area (Å²) in [4.78, 5) is 9.80.